The van der Waals surface area contributed by atoms with Crippen LogP contribution in [0.15, 0.2) is 6.07 Å². The number of aromatic nitrogens is 1. The van der Waals surface area contributed by atoms with Crippen molar-refractivity contribution in [3.63, 3.8) is 0 Å². The van der Waals surface area contributed by atoms with Crippen molar-refractivity contribution in [2.24, 2.45) is 0 Å². The maximum atomic E-state index is 6.04. The summed E-state index contributed by atoms with van der Waals surface area (Å²) in [6.45, 7) is 6.34. The highest BCUT2D eigenvalue weighted by Gasteiger charge is 2.17. The fraction of sp³-hybridized carbons (Fsp3) is 0.583. The summed E-state index contributed by atoms with van der Waals surface area (Å²) in [5.41, 5.74) is 3.54. The molecule has 2 heterocycles. The summed E-state index contributed by atoms with van der Waals surface area (Å²) in [5, 5.41) is 0. The van der Waals surface area contributed by atoms with E-state index < -0.39 is 0 Å². The van der Waals surface area contributed by atoms with E-state index in [1.165, 1.54) is 22.6 Å². The maximum absolute atomic E-state index is 6.04. The van der Waals surface area contributed by atoms with Crippen molar-refractivity contribution in [2.75, 3.05) is 29.5 Å². The third-order valence-corrected chi connectivity index (χ3v) is 4.11. The van der Waals surface area contributed by atoms with Crippen molar-refractivity contribution < 1.29 is 0 Å². The summed E-state index contributed by atoms with van der Waals surface area (Å²) in [6, 6.07) is 2.11. The molecule has 0 atom stereocenters. The highest BCUT2D eigenvalue weighted by molar-refractivity contribution is 7.99. The zero-order chi connectivity index (χ0) is 11.5. The monoisotopic (exact) mass is 256 g/mol. The van der Waals surface area contributed by atoms with E-state index in [0.29, 0.717) is 5.88 Å². The van der Waals surface area contributed by atoms with Crippen LogP contribution < -0.4 is 4.90 Å². The number of hydrogen-bond acceptors (Lipinski definition) is 3. The average molecular weight is 257 g/mol. The van der Waals surface area contributed by atoms with Crippen LogP contribution in [0.1, 0.15) is 16.8 Å². The van der Waals surface area contributed by atoms with Gasteiger partial charge >= 0.3 is 0 Å². The summed E-state index contributed by atoms with van der Waals surface area (Å²) < 4.78 is 0. The van der Waals surface area contributed by atoms with Gasteiger partial charge in [-0.15, -0.1) is 11.6 Å². The Kier molecular flexibility index (Phi) is 3.98. The Balaban J connectivity index is 2.36. The van der Waals surface area contributed by atoms with Gasteiger partial charge in [0.05, 0.1) is 5.88 Å². The fourth-order valence-electron chi connectivity index (χ4n) is 2.05. The summed E-state index contributed by atoms with van der Waals surface area (Å²) >= 11 is 8.05. The molecule has 0 aliphatic carbocycles. The number of hydrogen-bond donors (Lipinski definition) is 0. The Hall–Kier alpha value is -0.410. The number of aryl methyl sites for hydroxylation is 2. The first-order valence-electron chi connectivity index (χ1n) is 5.58. The van der Waals surface area contributed by atoms with E-state index in [2.05, 4.69) is 22.9 Å². The van der Waals surface area contributed by atoms with Crippen LogP contribution in [-0.4, -0.2) is 29.6 Å². The topological polar surface area (TPSA) is 16.1 Å². The van der Waals surface area contributed by atoms with Gasteiger partial charge in [-0.3, -0.25) is 0 Å². The molecule has 16 heavy (non-hydrogen) atoms. The average Bonchev–Trinajstić information content (AvgIpc) is 2.29. The lowest BCUT2D eigenvalue weighted by atomic mass is 10.1. The van der Waals surface area contributed by atoms with Crippen LogP contribution in [0.25, 0.3) is 0 Å². The molecular formula is C12H17ClN2S. The zero-order valence-corrected chi connectivity index (χ0v) is 11.4. The molecule has 0 amide bonds. The highest BCUT2D eigenvalue weighted by Crippen LogP contribution is 2.26. The maximum Gasteiger partial charge on any atom is 0.133 e. The molecule has 4 heteroatoms. The van der Waals surface area contributed by atoms with Crippen molar-refractivity contribution in [1.29, 1.82) is 0 Å². The lowest BCUT2D eigenvalue weighted by molar-refractivity contribution is 0.827. The van der Waals surface area contributed by atoms with Crippen LogP contribution in [0.3, 0.4) is 0 Å². The minimum Gasteiger partial charge on any atom is -0.355 e. The van der Waals surface area contributed by atoms with E-state index in [-0.39, 0.29) is 0 Å². The van der Waals surface area contributed by atoms with Crippen LogP contribution in [0.5, 0.6) is 0 Å². The molecule has 0 N–H and O–H groups in total. The van der Waals surface area contributed by atoms with E-state index >= 15 is 0 Å². The highest BCUT2D eigenvalue weighted by atomic mass is 35.5. The van der Waals surface area contributed by atoms with E-state index in [4.69, 9.17) is 11.6 Å². The number of pyridine rings is 1. The summed E-state index contributed by atoms with van der Waals surface area (Å²) in [6.07, 6.45) is 0. The van der Waals surface area contributed by atoms with Crippen molar-refractivity contribution in [3.8, 4) is 0 Å². The number of anilines is 1. The number of alkyl halides is 1. The lowest BCUT2D eigenvalue weighted by Crippen LogP contribution is -2.34. The van der Waals surface area contributed by atoms with Gasteiger partial charge in [0.1, 0.15) is 5.82 Å². The Morgan fingerprint density at radius 2 is 2.06 bits per heavy atom. The van der Waals surface area contributed by atoms with Gasteiger partial charge in [0.25, 0.3) is 0 Å². The van der Waals surface area contributed by atoms with Gasteiger partial charge in [-0.2, -0.15) is 11.8 Å². The quantitative estimate of drug-likeness (QED) is 0.757. The molecule has 1 aromatic heterocycles. The third-order valence-electron chi connectivity index (χ3n) is 2.90. The molecule has 1 aliphatic rings. The first kappa shape index (κ1) is 12.1. The molecule has 0 aromatic carbocycles. The Bertz CT molecular complexity index is 376. The fourth-order valence-corrected chi connectivity index (χ4v) is 3.28. The smallest absolute Gasteiger partial charge is 0.133 e. The molecule has 2 rings (SSSR count). The molecule has 0 bridgehead atoms. The Morgan fingerprint density at radius 3 is 2.69 bits per heavy atom. The van der Waals surface area contributed by atoms with Crippen LogP contribution in [0.2, 0.25) is 0 Å². The van der Waals surface area contributed by atoms with Crippen molar-refractivity contribution in [2.45, 2.75) is 19.7 Å². The van der Waals surface area contributed by atoms with Gasteiger partial charge in [-0.05, 0) is 25.5 Å². The molecule has 88 valence electrons. The number of halogens is 1. The van der Waals surface area contributed by atoms with E-state index in [9.17, 15) is 0 Å². The predicted octanol–water partition coefficient (Wildman–Crippen LogP) is 2.99. The molecule has 1 aromatic rings. The van der Waals surface area contributed by atoms with E-state index in [0.717, 1.165) is 24.6 Å². The van der Waals surface area contributed by atoms with Gasteiger partial charge in [-0.25, -0.2) is 4.98 Å². The molecule has 1 fully saturated rings. The molecule has 0 radical (unpaired) electrons. The lowest BCUT2D eigenvalue weighted by Gasteiger charge is -2.29. The Morgan fingerprint density at radius 1 is 1.38 bits per heavy atom. The molecule has 2 nitrogen and oxygen atoms in total. The molecule has 0 spiro atoms. The first-order valence-corrected chi connectivity index (χ1v) is 7.27. The summed E-state index contributed by atoms with van der Waals surface area (Å²) in [4.78, 5) is 7.03. The molecule has 1 saturated heterocycles. The van der Waals surface area contributed by atoms with Crippen LogP contribution in [-0.2, 0) is 5.88 Å². The van der Waals surface area contributed by atoms with Gasteiger partial charge in [0, 0.05) is 35.9 Å². The second-order valence-electron chi connectivity index (χ2n) is 4.12. The van der Waals surface area contributed by atoms with Gasteiger partial charge in [0.2, 0.25) is 0 Å². The molecular weight excluding hydrogens is 240 g/mol. The minimum atomic E-state index is 0.554. The standard InChI is InChI=1S/C12H17ClN2S/c1-9-7-10(2)14-12(11(9)8-13)15-3-5-16-6-4-15/h7H,3-6,8H2,1-2H3. The number of thioether (sulfide) groups is 1. The van der Waals surface area contributed by atoms with Gasteiger partial charge in [0.15, 0.2) is 0 Å². The zero-order valence-electron chi connectivity index (χ0n) is 9.79. The van der Waals surface area contributed by atoms with Crippen molar-refractivity contribution >= 4 is 29.2 Å². The van der Waals surface area contributed by atoms with E-state index in [1.54, 1.807) is 0 Å². The number of rotatable bonds is 2. The largest absolute Gasteiger partial charge is 0.355 e. The van der Waals surface area contributed by atoms with Crippen LogP contribution in [0.4, 0.5) is 5.82 Å². The molecule has 0 unspecified atom stereocenters. The van der Waals surface area contributed by atoms with Crippen LogP contribution in [0, 0.1) is 13.8 Å². The van der Waals surface area contributed by atoms with Crippen molar-refractivity contribution in [3.05, 3.63) is 22.9 Å². The van der Waals surface area contributed by atoms with Crippen molar-refractivity contribution in [1.82, 2.24) is 4.98 Å². The summed E-state index contributed by atoms with van der Waals surface area (Å²) in [5.74, 6) is 4.04. The molecule has 0 saturated carbocycles. The third kappa shape index (κ3) is 2.46. The number of nitrogens with zero attached hydrogens (tertiary/aromatic N) is 2. The summed E-state index contributed by atoms with van der Waals surface area (Å²) in [7, 11) is 0. The van der Waals surface area contributed by atoms with E-state index in [1.807, 2.05) is 18.7 Å². The second kappa shape index (κ2) is 5.28. The minimum absolute atomic E-state index is 0.554. The first-order chi connectivity index (χ1) is 7.72. The predicted molar refractivity (Wildman–Crippen MR) is 72.8 cm³/mol. The second-order valence-corrected chi connectivity index (χ2v) is 5.61. The normalized spacial score (nSPS) is 16.6. The molecule has 1 aliphatic heterocycles. The SMILES string of the molecule is Cc1cc(C)c(CCl)c(N2CCSCC2)n1. The van der Waals surface area contributed by atoms with Gasteiger partial charge < -0.3 is 4.90 Å². The Labute approximate surface area is 106 Å². The van der Waals surface area contributed by atoms with Crippen LogP contribution >= 0.6 is 23.4 Å². The van der Waals surface area contributed by atoms with Gasteiger partial charge in [-0.1, -0.05) is 0 Å².